The Morgan fingerprint density at radius 3 is 2.50 bits per heavy atom. The van der Waals surface area contributed by atoms with Crippen LogP contribution in [0.4, 0.5) is 4.79 Å². The first-order chi connectivity index (χ1) is 10.1. The van der Waals surface area contributed by atoms with E-state index >= 15 is 0 Å². The van der Waals surface area contributed by atoms with Crippen LogP contribution < -0.4 is 10.1 Å². The zero-order valence-electron chi connectivity index (χ0n) is 13.8. The Labute approximate surface area is 145 Å². The number of rotatable bonds is 4. The first kappa shape index (κ1) is 19.1. The lowest BCUT2D eigenvalue weighted by Crippen LogP contribution is -2.35. The normalized spacial score (nSPS) is 12.7. The highest BCUT2D eigenvalue weighted by Crippen LogP contribution is 2.40. The van der Waals surface area contributed by atoms with Crippen LogP contribution in [0.1, 0.15) is 51.3 Å². The molecule has 0 aliphatic rings. The van der Waals surface area contributed by atoms with Gasteiger partial charge in [-0.2, -0.15) is 0 Å². The average molecular weight is 393 g/mol. The quantitative estimate of drug-likeness (QED) is 0.746. The van der Waals surface area contributed by atoms with Gasteiger partial charge in [0.25, 0.3) is 0 Å². The zero-order chi connectivity index (χ0) is 17.1. The standard InChI is InChI=1S/C16H23BrClNO3/c1-7-12(19-15(20)22-16(3,4)5)10-8-11(18)9(2)13(17)14(10)21-6/h8,12H,7H2,1-6H3,(H,19,20). The number of amides is 1. The number of carbonyl (C=O) groups excluding carboxylic acids is 1. The van der Waals surface area contributed by atoms with E-state index in [1.54, 1.807) is 7.11 Å². The molecule has 0 aromatic heterocycles. The number of halogens is 2. The Bertz CT molecular complexity index is 555. The summed E-state index contributed by atoms with van der Waals surface area (Å²) >= 11 is 9.76. The van der Waals surface area contributed by atoms with Crippen LogP contribution in [0.2, 0.25) is 5.02 Å². The molecular weight excluding hydrogens is 370 g/mol. The van der Waals surface area contributed by atoms with Gasteiger partial charge in [-0.05, 0) is 61.7 Å². The summed E-state index contributed by atoms with van der Waals surface area (Å²) in [4.78, 5) is 12.0. The fourth-order valence-electron chi connectivity index (χ4n) is 2.03. The Morgan fingerprint density at radius 2 is 2.05 bits per heavy atom. The molecule has 1 unspecified atom stereocenters. The van der Waals surface area contributed by atoms with Crippen molar-refractivity contribution in [2.24, 2.45) is 0 Å². The van der Waals surface area contributed by atoms with Crippen LogP contribution in [-0.4, -0.2) is 18.8 Å². The molecule has 1 atom stereocenters. The van der Waals surface area contributed by atoms with Gasteiger partial charge in [0.15, 0.2) is 0 Å². The Hall–Kier alpha value is -0.940. The van der Waals surface area contributed by atoms with Gasteiger partial charge in [0.1, 0.15) is 11.4 Å². The molecule has 4 nitrogen and oxygen atoms in total. The number of carbonyl (C=O) groups is 1. The Kier molecular flexibility index (Phi) is 6.56. The van der Waals surface area contributed by atoms with Gasteiger partial charge < -0.3 is 14.8 Å². The first-order valence-corrected chi connectivity index (χ1v) is 8.29. The Morgan fingerprint density at radius 1 is 1.45 bits per heavy atom. The van der Waals surface area contributed by atoms with E-state index in [0.29, 0.717) is 17.2 Å². The molecule has 6 heteroatoms. The van der Waals surface area contributed by atoms with Crippen LogP contribution in [0.5, 0.6) is 5.75 Å². The van der Waals surface area contributed by atoms with Gasteiger partial charge in [-0.3, -0.25) is 0 Å². The molecule has 22 heavy (non-hydrogen) atoms. The summed E-state index contributed by atoms with van der Waals surface area (Å²) < 4.78 is 11.6. The number of hydrogen-bond donors (Lipinski definition) is 1. The summed E-state index contributed by atoms with van der Waals surface area (Å²) in [6, 6.07) is 1.57. The molecule has 1 aromatic carbocycles. The van der Waals surface area contributed by atoms with Gasteiger partial charge in [-0.15, -0.1) is 0 Å². The zero-order valence-corrected chi connectivity index (χ0v) is 16.2. The summed E-state index contributed by atoms with van der Waals surface area (Å²) in [5, 5.41) is 3.49. The van der Waals surface area contributed by atoms with E-state index in [4.69, 9.17) is 21.1 Å². The molecule has 0 radical (unpaired) electrons. The second-order valence-corrected chi connectivity index (χ2v) is 7.23. The SMILES string of the molecule is CCC(NC(=O)OC(C)(C)C)c1cc(Cl)c(C)c(Br)c1OC. The maximum absolute atomic E-state index is 12.0. The van der Waals surface area contributed by atoms with Crippen LogP contribution in [0, 0.1) is 6.92 Å². The minimum Gasteiger partial charge on any atom is -0.495 e. The molecule has 0 saturated heterocycles. The maximum atomic E-state index is 12.0. The predicted molar refractivity (Wildman–Crippen MR) is 92.8 cm³/mol. The maximum Gasteiger partial charge on any atom is 0.408 e. The van der Waals surface area contributed by atoms with E-state index in [1.165, 1.54) is 0 Å². The van der Waals surface area contributed by atoms with Crippen molar-refractivity contribution in [1.29, 1.82) is 0 Å². The smallest absolute Gasteiger partial charge is 0.408 e. The molecule has 0 heterocycles. The van der Waals surface area contributed by atoms with Crippen molar-refractivity contribution in [3.05, 3.63) is 26.7 Å². The van der Waals surface area contributed by atoms with Gasteiger partial charge in [0, 0.05) is 10.6 Å². The lowest BCUT2D eigenvalue weighted by molar-refractivity contribution is 0.0501. The van der Waals surface area contributed by atoms with E-state index < -0.39 is 11.7 Å². The summed E-state index contributed by atoms with van der Waals surface area (Å²) in [7, 11) is 1.59. The van der Waals surface area contributed by atoms with Crippen molar-refractivity contribution in [2.75, 3.05) is 7.11 Å². The number of ether oxygens (including phenoxy) is 2. The molecule has 0 fully saturated rings. The largest absolute Gasteiger partial charge is 0.495 e. The van der Waals surface area contributed by atoms with Crippen molar-refractivity contribution in [2.45, 2.75) is 52.7 Å². The van der Waals surface area contributed by atoms with Crippen molar-refractivity contribution in [1.82, 2.24) is 5.32 Å². The Balaban J connectivity index is 3.13. The minimum atomic E-state index is -0.544. The van der Waals surface area contributed by atoms with E-state index in [2.05, 4.69) is 21.2 Å². The predicted octanol–water partition coefficient (Wildman–Crippen LogP) is 5.40. The molecule has 1 N–H and O–H groups in total. The van der Waals surface area contributed by atoms with Crippen LogP contribution in [0.3, 0.4) is 0 Å². The summed E-state index contributed by atoms with van der Waals surface area (Å²) in [6.07, 6.45) is 0.218. The van der Waals surface area contributed by atoms with Gasteiger partial charge in [0.05, 0.1) is 17.6 Å². The summed E-state index contributed by atoms with van der Waals surface area (Å²) in [5.74, 6) is 0.671. The minimum absolute atomic E-state index is 0.251. The highest BCUT2D eigenvalue weighted by molar-refractivity contribution is 9.10. The fraction of sp³-hybridized carbons (Fsp3) is 0.562. The molecule has 0 aliphatic carbocycles. The molecule has 124 valence electrons. The number of methoxy groups -OCH3 is 1. The molecule has 0 aliphatic heterocycles. The number of hydrogen-bond acceptors (Lipinski definition) is 3. The van der Waals surface area contributed by atoms with E-state index in [1.807, 2.05) is 40.7 Å². The van der Waals surface area contributed by atoms with Gasteiger partial charge in [-0.25, -0.2) is 4.79 Å². The third-order valence-electron chi connectivity index (χ3n) is 3.11. The van der Waals surface area contributed by atoms with Crippen LogP contribution in [0.25, 0.3) is 0 Å². The number of nitrogens with one attached hydrogen (secondary N) is 1. The second kappa shape index (κ2) is 7.55. The number of benzene rings is 1. The van der Waals surface area contributed by atoms with Crippen molar-refractivity contribution in [3.63, 3.8) is 0 Å². The molecule has 1 rings (SSSR count). The second-order valence-electron chi connectivity index (χ2n) is 6.03. The topological polar surface area (TPSA) is 47.6 Å². The van der Waals surface area contributed by atoms with E-state index in [9.17, 15) is 4.79 Å². The van der Waals surface area contributed by atoms with Crippen LogP contribution in [-0.2, 0) is 4.74 Å². The van der Waals surface area contributed by atoms with Gasteiger partial charge in [-0.1, -0.05) is 18.5 Å². The lowest BCUT2D eigenvalue weighted by atomic mass is 10.0. The average Bonchev–Trinajstić information content (AvgIpc) is 2.40. The molecular formula is C16H23BrClNO3. The van der Waals surface area contributed by atoms with Gasteiger partial charge >= 0.3 is 6.09 Å². The van der Waals surface area contributed by atoms with Crippen LogP contribution in [0.15, 0.2) is 10.5 Å². The number of alkyl carbamates (subject to hydrolysis) is 1. The third kappa shape index (κ3) is 4.78. The van der Waals surface area contributed by atoms with E-state index in [-0.39, 0.29) is 6.04 Å². The van der Waals surface area contributed by atoms with E-state index in [0.717, 1.165) is 15.6 Å². The highest BCUT2D eigenvalue weighted by Gasteiger charge is 2.24. The van der Waals surface area contributed by atoms with Crippen molar-refractivity contribution >= 4 is 33.6 Å². The van der Waals surface area contributed by atoms with Gasteiger partial charge in [0.2, 0.25) is 0 Å². The molecule has 1 amide bonds. The summed E-state index contributed by atoms with van der Waals surface area (Å²) in [6.45, 7) is 9.36. The summed E-state index contributed by atoms with van der Waals surface area (Å²) in [5.41, 5.74) is 1.17. The lowest BCUT2D eigenvalue weighted by Gasteiger charge is -2.25. The fourth-order valence-corrected chi connectivity index (χ4v) is 2.96. The molecule has 0 spiro atoms. The monoisotopic (exact) mass is 391 g/mol. The van der Waals surface area contributed by atoms with Crippen molar-refractivity contribution in [3.8, 4) is 5.75 Å². The molecule has 1 aromatic rings. The molecule has 0 saturated carbocycles. The van der Waals surface area contributed by atoms with Crippen LogP contribution >= 0.6 is 27.5 Å². The van der Waals surface area contributed by atoms with Crippen molar-refractivity contribution < 1.29 is 14.3 Å². The third-order valence-corrected chi connectivity index (χ3v) is 4.46. The highest BCUT2D eigenvalue weighted by atomic mass is 79.9. The molecule has 0 bridgehead atoms. The first-order valence-electron chi connectivity index (χ1n) is 7.12.